The van der Waals surface area contributed by atoms with Crippen LogP contribution in [0.15, 0.2) is 24.3 Å². The maximum absolute atomic E-state index is 11.7. The average Bonchev–Trinajstić information content (AvgIpc) is 2.31. The van der Waals surface area contributed by atoms with E-state index in [1.807, 2.05) is 38.1 Å². The third-order valence-corrected chi connectivity index (χ3v) is 2.62. The van der Waals surface area contributed by atoms with Gasteiger partial charge in [-0.1, -0.05) is 19.1 Å². The molecule has 0 aliphatic rings. The van der Waals surface area contributed by atoms with Gasteiger partial charge in [-0.3, -0.25) is 4.79 Å². The summed E-state index contributed by atoms with van der Waals surface area (Å²) in [5.74, 6) is 0.919. The number of ether oxygens (including phenoxy) is 1. The van der Waals surface area contributed by atoms with E-state index in [2.05, 4.69) is 12.2 Å². The van der Waals surface area contributed by atoms with Crippen molar-refractivity contribution in [1.82, 2.24) is 5.32 Å². The smallest absolute Gasteiger partial charge is 0.224 e. The number of amides is 1. The van der Waals surface area contributed by atoms with Crippen molar-refractivity contribution in [3.05, 3.63) is 29.8 Å². The molecular weight excluding hydrogens is 214 g/mol. The summed E-state index contributed by atoms with van der Waals surface area (Å²) in [6, 6.07) is 7.90. The van der Waals surface area contributed by atoms with Gasteiger partial charge in [0, 0.05) is 6.04 Å². The molecule has 0 bridgehead atoms. The Hall–Kier alpha value is -1.51. The van der Waals surface area contributed by atoms with Crippen LogP contribution in [0.5, 0.6) is 5.75 Å². The summed E-state index contributed by atoms with van der Waals surface area (Å²) in [6.45, 7) is 6.68. The molecule has 94 valence electrons. The van der Waals surface area contributed by atoms with Gasteiger partial charge in [0.05, 0.1) is 13.0 Å². The molecule has 0 aliphatic heterocycles. The first-order valence-corrected chi connectivity index (χ1v) is 6.16. The standard InChI is InChI=1S/C14H21NO2/c1-4-11(3)15-14(16)10-12-6-8-13(9-7-12)17-5-2/h6-9,11H,4-5,10H2,1-3H3,(H,15,16)/t11-/m0/s1. The second kappa shape index (κ2) is 6.94. The number of nitrogens with one attached hydrogen (secondary N) is 1. The average molecular weight is 235 g/mol. The maximum atomic E-state index is 11.7. The van der Waals surface area contributed by atoms with Crippen molar-refractivity contribution in [2.24, 2.45) is 0 Å². The molecule has 17 heavy (non-hydrogen) atoms. The van der Waals surface area contributed by atoms with Gasteiger partial charge in [0.2, 0.25) is 5.91 Å². The highest BCUT2D eigenvalue weighted by Gasteiger charge is 2.06. The molecule has 1 atom stereocenters. The van der Waals surface area contributed by atoms with Gasteiger partial charge in [-0.2, -0.15) is 0 Å². The number of hydrogen-bond donors (Lipinski definition) is 1. The number of carbonyl (C=O) groups excluding carboxylic acids is 1. The zero-order valence-electron chi connectivity index (χ0n) is 10.8. The Morgan fingerprint density at radius 1 is 1.29 bits per heavy atom. The first-order valence-electron chi connectivity index (χ1n) is 6.16. The SMILES string of the molecule is CCOc1ccc(CC(=O)N[C@@H](C)CC)cc1. The molecule has 0 radical (unpaired) electrons. The number of benzene rings is 1. The van der Waals surface area contributed by atoms with E-state index in [-0.39, 0.29) is 11.9 Å². The van der Waals surface area contributed by atoms with E-state index in [4.69, 9.17) is 4.74 Å². The molecule has 3 heteroatoms. The van der Waals surface area contributed by atoms with Gasteiger partial charge < -0.3 is 10.1 Å². The first-order chi connectivity index (χ1) is 8.15. The van der Waals surface area contributed by atoms with Crippen LogP contribution in [-0.2, 0) is 11.2 Å². The highest BCUT2D eigenvalue weighted by molar-refractivity contribution is 5.78. The molecule has 0 spiro atoms. The lowest BCUT2D eigenvalue weighted by Crippen LogP contribution is -2.33. The van der Waals surface area contributed by atoms with E-state index in [1.165, 1.54) is 0 Å². The molecule has 0 saturated heterocycles. The van der Waals surface area contributed by atoms with Crippen molar-refractivity contribution in [1.29, 1.82) is 0 Å². The van der Waals surface area contributed by atoms with Crippen molar-refractivity contribution in [3.8, 4) is 5.75 Å². The van der Waals surface area contributed by atoms with Gasteiger partial charge in [0.1, 0.15) is 5.75 Å². The van der Waals surface area contributed by atoms with Crippen LogP contribution in [0.3, 0.4) is 0 Å². The Bertz CT molecular complexity index is 346. The summed E-state index contributed by atoms with van der Waals surface area (Å²) < 4.78 is 5.35. The van der Waals surface area contributed by atoms with Crippen LogP contribution in [0.2, 0.25) is 0 Å². The van der Waals surface area contributed by atoms with E-state index >= 15 is 0 Å². The van der Waals surface area contributed by atoms with Gasteiger partial charge in [0.15, 0.2) is 0 Å². The van der Waals surface area contributed by atoms with Gasteiger partial charge >= 0.3 is 0 Å². The highest BCUT2D eigenvalue weighted by atomic mass is 16.5. The van der Waals surface area contributed by atoms with Crippen LogP contribution < -0.4 is 10.1 Å². The zero-order valence-corrected chi connectivity index (χ0v) is 10.8. The van der Waals surface area contributed by atoms with Crippen LogP contribution >= 0.6 is 0 Å². The Kier molecular flexibility index (Phi) is 5.53. The fraction of sp³-hybridized carbons (Fsp3) is 0.500. The van der Waals surface area contributed by atoms with Crippen LogP contribution in [-0.4, -0.2) is 18.6 Å². The highest BCUT2D eigenvalue weighted by Crippen LogP contribution is 2.12. The lowest BCUT2D eigenvalue weighted by atomic mass is 10.1. The van der Waals surface area contributed by atoms with E-state index in [0.29, 0.717) is 13.0 Å². The summed E-state index contributed by atoms with van der Waals surface area (Å²) in [5.41, 5.74) is 1.01. The quantitative estimate of drug-likeness (QED) is 0.823. The van der Waals surface area contributed by atoms with Crippen LogP contribution in [0.1, 0.15) is 32.8 Å². The summed E-state index contributed by atoms with van der Waals surface area (Å²) in [6.07, 6.45) is 1.38. The van der Waals surface area contributed by atoms with Crippen molar-refractivity contribution in [3.63, 3.8) is 0 Å². The van der Waals surface area contributed by atoms with Crippen molar-refractivity contribution >= 4 is 5.91 Å². The topological polar surface area (TPSA) is 38.3 Å². The van der Waals surface area contributed by atoms with Gasteiger partial charge in [0.25, 0.3) is 0 Å². The Balaban J connectivity index is 2.48. The van der Waals surface area contributed by atoms with E-state index in [9.17, 15) is 4.79 Å². The fourth-order valence-electron chi connectivity index (χ4n) is 1.48. The van der Waals surface area contributed by atoms with Crippen LogP contribution in [0.4, 0.5) is 0 Å². The summed E-state index contributed by atoms with van der Waals surface area (Å²) in [5, 5.41) is 2.95. The molecule has 0 aromatic heterocycles. The largest absolute Gasteiger partial charge is 0.494 e. The van der Waals surface area contributed by atoms with E-state index in [0.717, 1.165) is 17.7 Å². The molecule has 0 aliphatic carbocycles. The summed E-state index contributed by atoms with van der Waals surface area (Å²) in [4.78, 5) is 11.7. The van der Waals surface area contributed by atoms with Gasteiger partial charge in [-0.05, 0) is 38.0 Å². The fourth-order valence-corrected chi connectivity index (χ4v) is 1.48. The van der Waals surface area contributed by atoms with E-state index < -0.39 is 0 Å². The lowest BCUT2D eigenvalue weighted by molar-refractivity contribution is -0.121. The number of carbonyl (C=O) groups is 1. The second-order valence-electron chi connectivity index (χ2n) is 4.13. The van der Waals surface area contributed by atoms with Crippen molar-refractivity contribution in [2.75, 3.05) is 6.61 Å². The Morgan fingerprint density at radius 3 is 2.47 bits per heavy atom. The lowest BCUT2D eigenvalue weighted by Gasteiger charge is -2.11. The zero-order chi connectivity index (χ0) is 12.7. The molecule has 0 heterocycles. The molecule has 3 nitrogen and oxygen atoms in total. The Labute approximate surface area is 103 Å². The Morgan fingerprint density at radius 2 is 1.94 bits per heavy atom. The summed E-state index contributed by atoms with van der Waals surface area (Å²) >= 11 is 0. The molecule has 1 aromatic rings. The van der Waals surface area contributed by atoms with Crippen LogP contribution in [0.25, 0.3) is 0 Å². The maximum Gasteiger partial charge on any atom is 0.224 e. The number of rotatable bonds is 6. The van der Waals surface area contributed by atoms with Crippen molar-refractivity contribution in [2.45, 2.75) is 39.7 Å². The molecule has 0 fully saturated rings. The minimum absolute atomic E-state index is 0.0727. The van der Waals surface area contributed by atoms with Gasteiger partial charge in [-0.25, -0.2) is 0 Å². The summed E-state index contributed by atoms with van der Waals surface area (Å²) in [7, 11) is 0. The molecule has 1 aromatic carbocycles. The molecule has 0 unspecified atom stereocenters. The molecule has 1 N–H and O–H groups in total. The molecule has 0 saturated carbocycles. The third kappa shape index (κ3) is 4.89. The minimum Gasteiger partial charge on any atom is -0.494 e. The van der Waals surface area contributed by atoms with E-state index in [1.54, 1.807) is 0 Å². The number of hydrogen-bond acceptors (Lipinski definition) is 2. The second-order valence-corrected chi connectivity index (χ2v) is 4.13. The monoisotopic (exact) mass is 235 g/mol. The van der Waals surface area contributed by atoms with Crippen molar-refractivity contribution < 1.29 is 9.53 Å². The van der Waals surface area contributed by atoms with Gasteiger partial charge in [-0.15, -0.1) is 0 Å². The minimum atomic E-state index is 0.0727. The predicted octanol–water partition coefficient (Wildman–Crippen LogP) is 2.54. The first kappa shape index (κ1) is 13.6. The molecule has 1 amide bonds. The predicted molar refractivity (Wildman–Crippen MR) is 69.2 cm³/mol. The molecular formula is C14H21NO2. The van der Waals surface area contributed by atoms with Crippen LogP contribution in [0, 0.1) is 0 Å². The molecule has 1 rings (SSSR count). The normalized spacial score (nSPS) is 11.9. The third-order valence-electron chi connectivity index (χ3n) is 2.62.